The Kier molecular flexibility index (Phi) is 1.68. The van der Waals surface area contributed by atoms with Crippen LogP contribution in [0.1, 0.15) is 52.9 Å². The SMILES string of the molecule is CC1(C)[C@@H]2CC[C@]1(C)[C@H](NC1CC1)C2. The summed E-state index contributed by atoms with van der Waals surface area (Å²) in [4.78, 5) is 0. The molecule has 0 radical (unpaired) electrons. The van der Waals surface area contributed by atoms with Crippen molar-refractivity contribution in [3.05, 3.63) is 0 Å². The molecule has 0 saturated heterocycles. The molecule has 3 fully saturated rings. The van der Waals surface area contributed by atoms with Gasteiger partial charge in [0.1, 0.15) is 0 Å². The highest BCUT2D eigenvalue weighted by Crippen LogP contribution is 2.65. The lowest BCUT2D eigenvalue weighted by atomic mass is 9.69. The van der Waals surface area contributed by atoms with Crippen molar-refractivity contribution < 1.29 is 0 Å². The van der Waals surface area contributed by atoms with Gasteiger partial charge in [0.2, 0.25) is 0 Å². The van der Waals surface area contributed by atoms with Crippen molar-refractivity contribution in [1.82, 2.24) is 5.32 Å². The minimum atomic E-state index is 0.583. The molecule has 0 aliphatic heterocycles. The molecule has 14 heavy (non-hydrogen) atoms. The molecule has 0 aromatic rings. The highest BCUT2D eigenvalue weighted by atomic mass is 15.0. The van der Waals surface area contributed by atoms with Crippen molar-refractivity contribution in [3.63, 3.8) is 0 Å². The van der Waals surface area contributed by atoms with Crippen molar-refractivity contribution in [2.75, 3.05) is 0 Å². The lowest BCUT2D eigenvalue weighted by Crippen LogP contribution is -2.45. The topological polar surface area (TPSA) is 12.0 Å². The Labute approximate surface area is 87.7 Å². The molecule has 3 atom stereocenters. The maximum absolute atomic E-state index is 3.88. The first kappa shape index (κ1) is 9.21. The Hall–Kier alpha value is -0.0400. The number of fused-ring (bicyclic) bond motifs is 2. The van der Waals surface area contributed by atoms with Crippen LogP contribution in [0, 0.1) is 16.7 Å². The Morgan fingerprint density at radius 3 is 2.21 bits per heavy atom. The van der Waals surface area contributed by atoms with Gasteiger partial charge in [-0.15, -0.1) is 0 Å². The third kappa shape index (κ3) is 0.997. The first-order valence-electron chi connectivity index (χ1n) is 6.30. The zero-order chi connectivity index (χ0) is 9.97. The van der Waals surface area contributed by atoms with Crippen LogP contribution in [0.5, 0.6) is 0 Å². The second-order valence-corrected chi connectivity index (χ2v) is 6.60. The fourth-order valence-electron chi connectivity index (χ4n) is 3.99. The first-order chi connectivity index (χ1) is 6.54. The molecule has 3 aliphatic carbocycles. The molecule has 0 aromatic heterocycles. The van der Waals surface area contributed by atoms with Gasteiger partial charge >= 0.3 is 0 Å². The smallest absolute Gasteiger partial charge is 0.0131 e. The van der Waals surface area contributed by atoms with Gasteiger partial charge in [-0.3, -0.25) is 0 Å². The van der Waals surface area contributed by atoms with Crippen LogP contribution in [-0.4, -0.2) is 12.1 Å². The zero-order valence-corrected chi connectivity index (χ0v) is 9.77. The molecule has 0 amide bonds. The summed E-state index contributed by atoms with van der Waals surface area (Å²) in [6, 6.07) is 1.70. The molecule has 0 unspecified atom stereocenters. The van der Waals surface area contributed by atoms with Crippen LogP contribution >= 0.6 is 0 Å². The van der Waals surface area contributed by atoms with Crippen LogP contribution in [0.15, 0.2) is 0 Å². The van der Waals surface area contributed by atoms with Crippen molar-refractivity contribution in [3.8, 4) is 0 Å². The molecule has 2 bridgehead atoms. The van der Waals surface area contributed by atoms with E-state index in [1.807, 2.05) is 0 Å². The molecule has 0 heterocycles. The minimum absolute atomic E-state index is 0.583. The Bertz CT molecular complexity index is 254. The maximum Gasteiger partial charge on any atom is 0.0131 e. The van der Waals surface area contributed by atoms with E-state index >= 15 is 0 Å². The standard InChI is InChI=1S/C13H23N/c1-12(2)9-6-7-13(12,3)11(8-9)14-10-4-5-10/h9-11,14H,4-8H2,1-3H3/t9-,11-,13-/m1/s1. The number of hydrogen-bond donors (Lipinski definition) is 1. The van der Waals surface area contributed by atoms with Gasteiger partial charge in [0.15, 0.2) is 0 Å². The summed E-state index contributed by atoms with van der Waals surface area (Å²) in [7, 11) is 0. The van der Waals surface area contributed by atoms with Gasteiger partial charge in [0.05, 0.1) is 0 Å². The molecule has 3 rings (SSSR count). The lowest BCUT2D eigenvalue weighted by Gasteiger charge is -2.39. The van der Waals surface area contributed by atoms with E-state index in [0.717, 1.165) is 18.0 Å². The number of nitrogens with one attached hydrogen (secondary N) is 1. The molecular weight excluding hydrogens is 170 g/mol. The van der Waals surface area contributed by atoms with Gasteiger partial charge in [0, 0.05) is 12.1 Å². The highest BCUT2D eigenvalue weighted by molar-refractivity contribution is 5.13. The van der Waals surface area contributed by atoms with Crippen LogP contribution in [-0.2, 0) is 0 Å². The van der Waals surface area contributed by atoms with Crippen LogP contribution in [0.4, 0.5) is 0 Å². The fourth-order valence-corrected chi connectivity index (χ4v) is 3.99. The average molecular weight is 193 g/mol. The largest absolute Gasteiger partial charge is 0.311 e. The summed E-state index contributed by atoms with van der Waals surface area (Å²) in [6.45, 7) is 7.53. The molecule has 0 spiro atoms. The van der Waals surface area contributed by atoms with Crippen molar-refractivity contribution in [2.45, 2.75) is 65.0 Å². The molecule has 80 valence electrons. The van der Waals surface area contributed by atoms with Gasteiger partial charge in [0.25, 0.3) is 0 Å². The molecular formula is C13H23N. The zero-order valence-electron chi connectivity index (χ0n) is 9.77. The third-order valence-corrected chi connectivity index (χ3v) is 5.81. The van der Waals surface area contributed by atoms with Crippen LogP contribution in [0.2, 0.25) is 0 Å². The van der Waals surface area contributed by atoms with E-state index in [1.165, 1.54) is 32.1 Å². The van der Waals surface area contributed by atoms with Gasteiger partial charge in [-0.25, -0.2) is 0 Å². The van der Waals surface area contributed by atoms with Crippen molar-refractivity contribution in [1.29, 1.82) is 0 Å². The molecule has 1 nitrogen and oxygen atoms in total. The molecule has 3 saturated carbocycles. The molecule has 1 N–H and O–H groups in total. The van der Waals surface area contributed by atoms with E-state index in [1.54, 1.807) is 0 Å². The lowest BCUT2D eigenvalue weighted by molar-refractivity contribution is 0.120. The van der Waals surface area contributed by atoms with E-state index in [4.69, 9.17) is 0 Å². The summed E-state index contributed by atoms with van der Waals surface area (Å²) in [6.07, 6.45) is 7.23. The summed E-state index contributed by atoms with van der Waals surface area (Å²) < 4.78 is 0. The van der Waals surface area contributed by atoms with E-state index in [2.05, 4.69) is 26.1 Å². The maximum atomic E-state index is 3.88. The number of hydrogen-bond acceptors (Lipinski definition) is 1. The third-order valence-electron chi connectivity index (χ3n) is 5.81. The predicted molar refractivity (Wildman–Crippen MR) is 59.2 cm³/mol. The van der Waals surface area contributed by atoms with Gasteiger partial charge in [-0.05, 0) is 48.9 Å². The molecule has 3 aliphatic rings. The normalized spacial score (nSPS) is 49.9. The fraction of sp³-hybridized carbons (Fsp3) is 1.00. The highest BCUT2D eigenvalue weighted by Gasteiger charge is 2.61. The van der Waals surface area contributed by atoms with Gasteiger partial charge in [-0.2, -0.15) is 0 Å². The summed E-state index contributed by atoms with van der Waals surface area (Å²) in [5, 5.41) is 3.88. The summed E-state index contributed by atoms with van der Waals surface area (Å²) >= 11 is 0. The number of rotatable bonds is 2. The molecule has 1 heteroatoms. The second kappa shape index (κ2) is 2.55. The van der Waals surface area contributed by atoms with E-state index in [-0.39, 0.29) is 0 Å². The Balaban J connectivity index is 1.83. The van der Waals surface area contributed by atoms with Gasteiger partial charge in [-0.1, -0.05) is 20.8 Å². The summed E-state index contributed by atoms with van der Waals surface area (Å²) in [5.41, 5.74) is 1.17. The first-order valence-corrected chi connectivity index (χ1v) is 6.30. The quantitative estimate of drug-likeness (QED) is 0.711. The van der Waals surface area contributed by atoms with Crippen LogP contribution < -0.4 is 5.32 Å². The Morgan fingerprint density at radius 1 is 1.07 bits per heavy atom. The van der Waals surface area contributed by atoms with E-state index in [9.17, 15) is 0 Å². The van der Waals surface area contributed by atoms with Crippen LogP contribution in [0.3, 0.4) is 0 Å². The predicted octanol–water partition coefficient (Wildman–Crippen LogP) is 2.95. The van der Waals surface area contributed by atoms with Crippen molar-refractivity contribution >= 4 is 0 Å². The monoisotopic (exact) mass is 193 g/mol. The Morgan fingerprint density at radius 2 is 1.79 bits per heavy atom. The van der Waals surface area contributed by atoms with Crippen LogP contribution in [0.25, 0.3) is 0 Å². The van der Waals surface area contributed by atoms with Crippen molar-refractivity contribution in [2.24, 2.45) is 16.7 Å². The minimum Gasteiger partial charge on any atom is -0.311 e. The van der Waals surface area contributed by atoms with E-state index in [0.29, 0.717) is 10.8 Å². The van der Waals surface area contributed by atoms with Gasteiger partial charge < -0.3 is 5.32 Å². The average Bonchev–Trinajstić information content (AvgIpc) is 2.85. The molecule has 0 aromatic carbocycles. The van der Waals surface area contributed by atoms with E-state index < -0.39 is 0 Å². The summed E-state index contributed by atoms with van der Waals surface area (Å²) in [5.74, 6) is 0.990. The second-order valence-electron chi connectivity index (χ2n) is 6.60.